The van der Waals surface area contributed by atoms with E-state index >= 15 is 0 Å². The van der Waals surface area contributed by atoms with Gasteiger partial charge in [0, 0.05) is 45.1 Å². The number of pyridine rings is 2. The van der Waals surface area contributed by atoms with Crippen LogP contribution in [0.25, 0.3) is 5.65 Å². The Labute approximate surface area is 139 Å². The Morgan fingerprint density at radius 1 is 0.958 bits per heavy atom. The summed E-state index contributed by atoms with van der Waals surface area (Å²) in [7, 11) is 0. The van der Waals surface area contributed by atoms with Gasteiger partial charge in [0.15, 0.2) is 5.65 Å². The van der Waals surface area contributed by atoms with E-state index in [9.17, 15) is 4.79 Å². The minimum atomic E-state index is -0.0819. The molecule has 4 heterocycles. The van der Waals surface area contributed by atoms with Gasteiger partial charge in [-0.05, 0) is 24.3 Å². The van der Waals surface area contributed by atoms with Crippen LogP contribution < -0.4 is 5.69 Å². The summed E-state index contributed by atoms with van der Waals surface area (Å²) in [6, 6.07) is 11.6. The Kier molecular flexibility index (Phi) is 4.10. The Morgan fingerprint density at radius 2 is 1.75 bits per heavy atom. The van der Waals surface area contributed by atoms with Crippen molar-refractivity contribution in [3.63, 3.8) is 0 Å². The lowest BCUT2D eigenvalue weighted by Gasteiger charge is -2.34. The summed E-state index contributed by atoms with van der Waals surface area (Å²) < 4.78 is 3.13. The third-order valence-corrected chi connectivity index (χ3v) is 4.40. The van der Waals surface area contributed by atoms with Crippen LogP contribution in [-0.4, -0.2) is 55.1 Å². The molecule has 1 aliphatic heterocycles. The molecule has 1 saturated heterocycles. The molecule has 7 nitrogen and oxygen atoms in total. The molecule has 124 valence electrons. The maximum absolute atomic E-state index is 12.3. The summed E-state index contributed by atoms with van der Waals surface area (Å²) in [5.74, 6) is 0. The van der Waals surface area contributed by atoms with Crippen LogP contribution in [0.5, 0.6) is 0 Å². The predicted molar refractivity (Wildman–Crippen MR) is 90.5 cm³/mol. The normalized spacial score (nSPS) is 16.7. The molecular weight excluding hydrogens is 304 g/mol. The van der Waals surface area contributed by atoms with Crippen LogP contribution in [0, 0.1) is 0 Å². The van der Waals surface area contributed by atoms with Gasteiger partial charge < -0.3 is 0 Å². The molecule has 0 bridgehead atoms. The van der Waals surface area contributed by atoms with Crippen molar-refractivity contribution in [1.82, 2.24) is 29.0 Å². The monoisotopic (exact) mass is 324 g/mol. The third kappa shape index (κ3) is 3.08. The molecule has 3 aromatic heterocycles. The molecule has 1 fully saturated rings. The van der Waals surface area contributed by atoms with Gasteiger partial charge in [-0.1, -0.05) is 12.1 Å². The molecule has 0 amide bonds. The van der Waals surface area contributed by atoms with Gasteiger partial charge in [0.1, 0.15) is 0 Å². The first-order valence-corrected chi connectivity index (χ1v) is 8.18. The number of hydrogen-bond donors (Lipinski definition) is 0. The maximum atomic E-state index is 12.3. The van der Waals surface area contributed by atoms with E-state index in [1.807, 2.05) is 36.5 Å². The predicted octanol–water partition coefficient (Wildman–Crippen LogP) is 0.666. The number of piperazine rings is 1. The molecule has 0 saturated carbocycles. The van der Waals surface area contributed by atoms with E-state index in [1.54, 1.807) is 15.3 Å². The zero-order valence-electron chi connectivity index (χ0n) is 13.5. The first-order chi connectivity index (χ1) is 11.8. The van der Waals surface area contributed by atoms with Gasteiger partial charge in [0.25, 0.3) is 0 Å². The van der Waals surface area contributed by atoms with E-state index < -0.39 is 0 Å². The second-order valence-corrected chi connectivity index (χ2v) is 6.07. The molecule has 0 spiro atoms. The van der Waals surface area contributed by atoms with Crippen molar-refractivity contribution in [3.05, 3.63) is 65.0 Å². The fourth-order valence-electron chi connectivity index (χ4n) is 3.06. The highest BCUT2D eigenvalue weighted by Gasteiger charge is 2.18. The fraction of sp³-hybridized carbons (Fsp3) is 0.353. The smallest absolute Gasteiger partial charge is 0.295 e. The highest BCUT2D eigenvalue weighted by atomic mass is 16.2. The highest BCUT2D eigenvalue weighted by Crippen LogP contribution is 2.07. The lowest BCUT2D eigenvalue weighted by atomic mass is 10.3. The average Bonchev–Trinajstić information content (AvgIpc) is 2.94. The molecule has 7 heteroatoms. The van der Waals surface area contributed by atoms with E-state index in [-0.39, 0.29) is 5.69 Å². The van der Waals surface area contributed by atoms with Gasteiger partial charge in [-0.3, -0.25) is 19.2 Å². The van der Waals surface area contributed by atoms with Crippen molar-refractivity contribution in [2.24, 2.45) is 0 Å². The van der Waals surface area contributed by atoms with E-state index in [2.05, 4.69) is 25.9 Å². The zero-order valence-corrected chi connectivity index (χ0v) is 13.5. The Hall–Kier alpha value is -2.51. The van der Waals surface area contributed by atoms with Crippen molar-refractivity contribution in [1.29, 1.82) is 0 Å². The highest BCUT2D eigenvalue weighted by molar-refractivity contribution is 5.35. The van der Waals surface area contributed by atoms with E-state index in [1.165, 1.54) is 0 Å². The Morgan fingerprint density at radius 3 is 2.50 bits per heavy atom. The van der Waals surface area contributed by atoms with Gasteiger partial charge >= 0.3 is 5.69 Å². The fourth-order valence-corrected chi connectivity index (χ4v) is 3.06. The summed E-state index contributed by atoms with van der Waals surface area (Å²) in [5, 5.41) is 4.39. The number of aromatic nitrogens is 4. The van der Waals surface area contributed by atoms with Crippen LogP contribution in [0.3, 0.4) is 0 Å². The molecule has 0 aliphatic carbocycles. The third-order valence-electron chi connectivity index (χ3n) is 4.40. The van der Waals surface area contributed by atoms with Crippen LogP contribution in [0.2, 0.25) is 0 Å². The molecule has 0 radical (unpaired) electrons. The van der Waals surface area contributed by atoms with E-state index in [4.69, 9.17) is 0 Å². The van der Waals surface area contributed by atoms with Crippen LogP contribution in [0.1, 0.15) is 5.69 Å². The summed E-state index contributed by atoms with van der Waals surface area (Å²) in [6.45, 7) is 5.21. The SMILES string of the molecule is O=c1n(CN2CCN(Cc3ccccn3)CC2)nc2ccccn12. The maximum Gasteiger partial charge on any atom is 0.351 e. The van der Waals surface area contributed by atoms with Crippen molar-refractivity contribution >= 4 is 5.65 Å². The number of nitrogens with zero attached hydrogens (tertiary/aromatic N) is 6. The quantitative estimate of drug-likeness (QED) is 0.706. The lowest BCUT2D eigenvalue weighted by Crippen LogP contribution is -2.47. The average molecular weight is 324 g/mol. The molecule has 0 atom stereocenters. The van der Waals surface area contributed by atoms with Crippen molar-refractivity contribution in [3.8, 4) is 0 Å². The van der Waals surface area contributed by atoms with Crippen molar-refractivity contribution in [2.45, 2.75) is 13.2 Å². The first-order valence-electron chi connectivity index (χ1n) is 8.18. The van der Waals surface area contributed by atoms with Gasteiger partial charge in [0.05, 0.1) is 12.4 Å². The summed E-state index contributed by atoms with van der Waals surface area (Å²) >= 11 is 0. The van der Waals surface area contributed by atoms with Crippen molar-refractivity contribution < 1.29 is 0 Å². The molecule has 0 unspecified atom stereocenters. The Bertz CT molecular complexity index is 863. The second kappa shape index (κ2) is 6.54. The first kappa shape index (κ1) is 15.0. The van der Waals surface area contributed by atoms with Crippen LogP contribution in [0.15, 0.2) is 53.6 Å². The topological polar surface area (TPSA) is 58.7 Å². The standard InChI is InChI=1S/C17H20N6O/c24-17-22-8-4-2-6-16(22)19-23(17)14-21-11-9-20(10-12-21)13-15-5-1-3-7-18-15/h1-8H,9-14H2. The molecule has 0 N–H and O–H groups in total. The largest absolute Gasteiger partial charge is 0.351 e. The minimum Gasteiger partial charge on any atom is -0.295 e. The number of rotatable bonds is 4. The Balaban J connectivity index is 1.37. The van der Waals surface area contributed by atoms with E-state index in [0.717, 1.165) is 38.4 Å². The van der Waals surface area contributed by atoms with Crippen LogP contribution in [0.4, 0.5) is 0 Å². The van der Waals surface area contributed by atoms with Crippen LogP contribution in [-0.2, 0) is 13.2 Å². The number of fused-ring (bicyclic) bond motifs is 1. The summed E-state index contributed by atoms with van der Waals surface area (Å²) in [4.78, 5) is 21.4. The summed E-state index contributed by atoms with van der Waals surface area (Å²) in [5.41, 5.74) is 1.71. The van der Waals surface area contributed by atoms with Gasteiger partial charge in [-0.25, -0.2) is 4.79 Å². The van der Waals surface area contributed by atoms with Crippen LogP contribution >= 0.6 is 0 Å². The van der Waals surface area contributed by atoms with Gasteiger partial charge in [-0.15, -0.1) is 5.10 Å². The van der Waals surface area contributed by atoms with Gasteiger partial charge in [0.2, 0.25) is 0 Å². The summed E-state index contributed by atoms with van der Waals surface area (Å²) in [6.07, 6.45) is 3.59. The minimum absolute atomic E-state index is 0.0819. The number of hydrogen-bond acceptors (Lipinski definition) is 5. The van der Waals surface area contributed by atoms with Gasteiger partial charge in [-0.2, -0.15) is 4.68 Å². The molecule has 4 rings (SSSR count). The zero-order chi connectivity index (χ0) is 16.4. The molecular formula is C17H20N6O. The molecule has 24 heavy (non-hydrogen) atoms. The molecule has 3 aromatic rings. The molecule has 1 aliphatic rings. The van der Waals surface area contributed by atoms with E-state index in [0.29, 0.717) is 12.3 Å². The lowest BCUT2D eigenvalue weighted by molar-refractivity contribution is 0.0968. The second-order valence-electron chi connectivity index (χ2n) is 6.07. The van der Waals surface area contributed by atoms with Crippen molar-refractivity contribution in [2.75, 3.05) is 26.2 Å². The molecule has 0 aromatic carbocycles.